The number of aliphatic hydroxyl groups excluding tert-OH is 1. The molecule has 6 aromatic rings. The van der Waals surface area contributed by atoms with Gasteiger partial charge in [0.25, 0.3) is 0 Å². The van der Waals surface area contributed by atoms with Crippen LogP contribution in [0.5, 0.6) is 0 Å². The van der Waals surface area contributed by atoms with Crippen LogP contribution in [-0.4, -0.2) is 77.4 Å². The number of halogens is 3. The van der Waals surface area contributed by atoms with Crippen molar-refractivity contribution in [2.45, 2.75) is 158 Å². The van der Waals surface area contributed by atoms with E-state index in [1.54, 1.807) is 36.4 Å². The largest absolute Gasteiger partial charge is 0.481 e. The first-order chi connectivity index (χ1) is 45.8. The number of aliphatic hydroxyl groups is 1. The second kappa shape index (κ2) is 75.5. The van der Waals surface area contributed by atoms with Gasteiger partial charge in [0, 0.05) is 11.5 Å². The normalized spacial score (nSPS) is 10.5. The van der Waals surface area contributed by atoms with Crippen LogP contribution < -0.4 is 0 Å². The summed E-state index contributed by atoms with van der Waals surface area (Å²) in [7, 11) is 5.21. The van der Waals surface area contributed by atoms with E-state index in [9.17, 15) is 28.8 Å². The van der Waals surface area contributed by atoms with Gasteiger partial charge < -0.3 is 24.4 Å². The summed E-state index contributed by atoms with van der Waals surface area (Å²) in [6.07, 6.45) is 11.6. The first-order valence-corrected chi connectivity index (χ1v) is 34.3. The van der Waals surface area contributed by atoms with Gasteiger partial charge in [-0.3, -0.25) is 28.8 Å². The number of esters is 3. The molecule has 0 radical (unpaired) electrons. The lowest BCUT2D eigenvalue weighted by molar-refractivity contribution is -0.147. The van der Waals surface area contributed by atoms with E-state index in [0.29, 0.717) is 32.1 Å². The molecule has 0 bridgehead atoms. The molecule has 0 amide bonds. The summed E-state index contributed by atoms with van der Waals surface area (Å²) >= 11 is 13.3. The highest BCUT2D eigenvalue weighted by Crippen LogP contribution is 2.31. The van der Waals surface area contributed by atoms with Crippen LogP contribution in [0.1, 0.15) is 168 Å². The third-order valence-corrected chi connectivity index (χ3v) is 13.0. The number of carboxylic acid groups (broad SMARTS) is 1. The molecule has 6 rings (SSSR count). The van der Waals surface area contributed by atoms with Gasteiger partial charge in [0.15, 0.2) is 0 Å². The second-order valence-corrected chi connectivity index (χ2v) is 19.3. The van der Waals surface area contributed by atoms with Gasteiger partial charge in [-0.1, -0.05) is 318 Å². The quantitative estimate of drug-likeness (QED) is 0.0176. The number of methoxy groups -OCH3 is 3. The molecule has 0 aliphatic rings. The van der Waals surface area contributed by atoms with Crippen molar-refractivity contribution in [2.75, 3.05) is 32.9 Å². The fraction of sp³-hybridized carbons (Fsp3) is 0.358. The van der Waals surface area contributed by atoms with Gasteiger partial charge in [-0.2, -0.15) is 0 Å². The predicted octanol–water partition coefficient (Wildman–Crippen LogP) is 21.7. The SMILES string of the molecule is C=CCC(C(=O)Cl)c1ccccc1.C=CCC(C(=O)OC)c1ccccc1.C=CCC(C)(C(=O)Cl)c1ccccc1.C=CCC(C)(C(=O)OC)c1ccccc1.C=CCI.CC.CC.CC.CC.CC.CC.CO.COC(=O)Cc1ccccc1.O=C(O)Cc1ccccc1. The zero-order valence-corrected chi connectivity index (χ0v) is 64.2. The summed E-state index contributed by atoms with van der Waals surface area (Å²) in [6, 6.07) is 56.9. The maximum absolute atomic E-state index is 11.8. The molecule has 11 nitrogen and oxygen atoms in total. The Kier molecular flexibility index (Phi) is 82.4. The Morgan fingerprint density at radius 1 is 0.442 bits per heavy atom. The predicted molar refractivity (Wildman–Crippen MR) is 416 cm³/mol. The van der Waals surface area contributed by atoms with Gasteiger partial charge >= 0.3 is 23.9 Å². The summed E-state index contributed by atoms with van der Waals surface area (Å²) in [4.78, 5) is 66.5. The minimum Gasteiger partial charge on any atom is -0.481 e. The number of hydrogen-bond acceptors (Lipinski definition) is 10. The highest BCUT2D eigenvalue weighted by molar-refractivity contribution is 14.1. The van der Waals surface area contributed by atoms with Crippen molar-refractivity contribution in [1.82, 2.24) is 0 Å². The molecule has 0 aliphatic heterocycles. The molecular formula is C81H117Cl2IO11. The van der Waals surface area contributed by atoms with E-state index in [1.807, 2.05) is 273 Å². The molecule has 95 heavy (non-hydrogen) atoms. The van der Waals surface area contributed by atoms with E-state index in [2.05, 4.69) is 60.2 Å². The fourth-order valence-corrected chi connectivity index (χ4v) is 7.63. The molecule has 0 saturated heterocycles. The highest BCUT2D eigenvalue weighted by atomic mass is 127. The number of carboxylic acids is 1. The van der Waals surface area contributed by atoms with Gasteiger partial charge in [0.2, 0.25) is 10.5 Å². The fourth-order valence-electron chi connectivity index (χ4n) is 7.22. The Labute approximate surface area is 599 Å². The third kappa shape index (κ3) is 51.5. The summed E-state index contributed by atoms with van der Waals surface area (Å²) < 4.78 is 15.1. The van der Waals surface area contributed by atoms with Crippen molar-refractivity contribution < 1.29 is 53.2 Å². The summed E-state index contributed by atoms with van der Waals surface area (Å²) in [5.41, 5.74) is 4.36. The number of carbonyl (C=O) groups is 6. The Hall–Kier alpha value is -7.49. The van der Waals surface area contributed by atoms with Gasteiger partial charge in [-0.15, -0.1) is 32.9 Å². The minimum atomic E-state index is -0.786. The van der Waals surface area contributed by atoms with Gasteiger partial charge in [-0.05, 0) is 96.1 Å². The van der Waals surface area contributed by atoms with E-state index in [0.717, 1.165) is 44.9 Å². The van der Waals surface area contributed by atoms with Crippen molar-refractivity contribution in [1.29, 1.82) is 0 Å². The Bertz CT molecular complexity index is 2770. The number of aliphatic carboxylic acids is 1. The Morgan fingerprint density at radius 2 is 0.737 bits per heavy atom. The lowest BCUT2D eigenvalue weighted by atomic mass is 9.79. The number of rotatable bonds is 21. The topological polar surface area (TPSA) is 171 Å². The molecular weight excluding hydrogens is 1350 g/mol. The first kappa shape index (κ1) is 104. The number of benzene rings is 6. The van der Waals surface area contributed by atoms with Crippen LogP contribution in [-0.2, 0) is 66.6 Å². The van der Waals surface area contributed by atoms with E-state index in [-0.39, 0.29) is 46.6 Å². The monoisotopic (exact) mass is 1460 g/mol. The van der Waals surface area contributed by atoms with Crippen LogP contribution in [0.3, 0.4) is 0 Å². The van der Waals surface area contributed by atoms with Crippen LogP contribution in [0.25, 0.3) is 0 Å². The molecule has 2 N–H and O–H groups in total. The highest BCUT2D eigenvalue weighted by Gasteiger charge is 2.35. The smallest absolute Gasteiger partial charge is 0.316 e. The first-order valence-electron chi connectivity index (χ1n) is 32.0. The maximum atomic E-state index is 11.8. The third-order valence-electron chi connectivity index (χ3n) is 11.7. The van der Waals surface area contributed by atoms with E-state index in [1.165, 1.54) is 21.3 Å². The number of ether oxygens (including phenoxy) is 3. The standard InChI is InChI=1S/C13H16O2.C12H13ClO.C12H14O2.C11H11ClO.C9H10O2.C8H8O2.C3H5I.6C2H6.CH4O/c1-4-10-13(2,12(14)15-3)11-8-6-5-7-9-11;1-3-9-12(2,11(13)14)10-7-5-4-6-8-10;1-3-7-11(12(13)14-2)10-8-5-4-6-9-10;1-2-6-10(11(12)13)9-7-4-3-5-8-9;1-11-9(10)7-8-5-3-2-4-6-8;9-8(10)6-7-4-2-1-3-5-7;1-2-3-4;7*1-2/h4-9H,1,10H2,2-3H3;3-8H,1,9H2,2H3;3-6,8-9,11H,1,7H2,2H3;2-5,7-8,10H,1,6H2;2-6H,7H2,1H3;1-5H,6H2,(H,9,10);2H,1,3H2;6*1-2H3;2H,1H3. The van der Waals surface area contributed by atoms with Crippen molar-refractivity contribution >= 4 is 80.2 Å². The van der Waals surface area contributed by atoms with Crippen molar-refractivity contribution in [3.05, 3.63) is 279 Å². The summed E-state index contributed by atoms with van der Waals surface area (Å²) in [5, 5.41) is 14.7. The summed E-state index contributed by atoms with van der Waals surface area (Å²) in [5.74, 6) is -1.90. The maximum Gasteiger partial charge on any atom is 0.316 e. The number of alkyl halides is 1. The number of hydrogen-bond donors (Lipinski definition) is 2. The van der Waals surface area contributed by atoms with Gasteiger partial charge in [0.05, 0.1) is 56.8 Å². The molecule has 6 aromatic carbocycles. The van der Waals surface area contributed by atoms with Gasteiger partial charge in [-0.25, -0.2) is 0 Å². The van der Waals surface area contributed by atoms with E-state index < -0.39 is 16.8 Å². The lowest BCUT2D eigenvalue weighted by Gasteiger charge is -2.25. The molecule has 4 atom stereocenters. The zero-order chi connectivity index (χ0) is 74.9. The van der Waals surface area contributed by atoms with Crippen molar-refractivity contribution in [3.8, 4) is 0 Å². The van der Waals surface area contributed by atoms with Crippen LogP contribution in [0.2, 0.25) is 0 Å². The van der Waals surface area contributed by atoms with E-state index in [4.69, 9.17) is 42.9 Å². The lowest BCUT2D eigenvalue weighted by Crippen LogP contribution is -2.33. The van der Waals surface area contributed by atoms with Gasteiger partial charge in [0.1, 0.15) is 0 Å². The molecule has 0 aromatic heterocycles. The molecule has 0 fully saturated rings. The van der Waals surface area contributed by atoms with Crippen LogP contribution in [0, 0.1) is 0 Å². The molecule has 4 unspecified atom stereocenters. The summed E-state index contributed by atoms with van der Waals surface area (Å²) in [6.45, 7) is 45.7. The average molecular weight is 1460 g/mol. The number of carbonyl (C=O) groups excluding carboxylic acids is 5. The zero-order valence-electron chi connectivity index (χ0n) is 60.5. The molecule has 0 spiro atoms. The van der Waals surface area contributed by atoms with E-state index >= 15 is 0 Å². The van der Waals surface area contributed by atoms with Crippen LogP contribution in [0.4, 0.5) is 0 Å². The molecule has 528 valence electrons. The number of allylic oxidation sites excluding steroid dienone is 5. The molecule has 0 saturated carbocycles. The van der Waals surface area contributed by atoms with Crippen molar-refractivity contribution in [2.24, 2.45) is 0 Å². The molecule has 0 heterocycles. The molecule has 14 heteroatoms. The second-order valence-electron chi connectivity index (χ2n) is 17.7. The Balaban J connectivity index is -0.000000152. The minimum absolute atomic E-state index is 0.112. The van der Waals surface area contributed by atoms with Crippen molar-refractivity contribution in [3.63, 3.8) is 0 Å². The Morgan fingerprint density at radius 3 is 1.01 bits per heavy atom. The molecule has 0 aliphatic carbocycles. The van der Waals surface area contributed by atoms with Crippen LogP contribution >= 0.6 is 45.8 Å². The average Bonchev–Trinajstić information content (AvgIpc) is 0.836. The van der Waals surface area contributed by atoms with Crippen LogP contribution in [0.15, 0.2) is 245 Å².